The summed E-state index contributed by atoms with van der Waals surface area (Å²) in [6, 6.07) is 0. The van der Waals surface area contributed by atoms with Crippen molar-refractivity contribution >= 4 is 6.34 Å². The second-order valence-corrected chi connectivity index (χ2v) is 4.48. The third kappa shape index (κ3) is 2.11. The van der Waals surface area contributed by atoms with Crippen molar-refractivity contribution in [2.24, 2.45) is 10.5 Å². The van der Waals surface area contributed by atoms with Crippen LogP contribution in [0.1, 0.15) is 34.1 Å². The predicted octanol–water partition coefficient (Wildman–Crippen LogP) is 2.21. The Morgan fingerprint density at radius 2 is 2.08 bits per heavy atom. The molecule has 1 rings (SSSR count). The maximum atomic E-state index is 13.3. The first-order valence-corrected chi connectivity index (χ1v) is 4.71. The minimum absolute atomic E-state index is 0.125. The van der Waals surface area contributed by atoms with Crippen molar-refractivity contribution in [2.75, 3.05) is 6.54 Å². The second-order valence-electron chi connectivity index (χ2n) is 4.48. The van der Waals surface area contributed by atoms with Gasteiger partial charge in [0.1, 0.15) is 6.34 Å². The van der Waals surface area contributed by atoms with Gasteiger partial charge in [0.2, 0.25) is 0 Å². The van der Waals surface area contributed by atoms with Crippen LogP contribution >= 0.6 is 0 Å². The fourth-order valence-electron chi connectivity index (χ4n) is 1.60. The Kier molecular flexibility index (Phi) is 2.78. The molecule has 0 saturated carbocycles. The first-order valence-electron chi connectivity index (χ1n) is 4.71. The van der Waals surface area contributed by atoms with E-state index in [0.29, 0.717) is 5.12 Å². The van der Waals surface area contributed by atoms with Gasteiger partial charge in [0.05, 0.1) is 0 Å². The SMILES string of the molecule is CCCN1N=CN(F)C1C(C)(C)C. The third-order valence-electron chi connectivity index (χ3n) is 2.05. The van der Waals surface area contributed by atoms with E-state index in [1.807, 2.05) is 20.8 Å². The average Bonchev–Trinajstić information content (AvgIpc) is 2.31. The first-order chi connectivity index (χ1) is 5.96. The van der Waals surface area contributed by atoms with E-state index in [-0.39, 0.29) is 11.6 Å². The van der Waals surface area contributed by atoms with E-state index in [0.717, 1.165) is 13.0 Å². The monoisotopic (exact) mass is 187 g/mol. The van der Waals surface area contributed by atoms with E-state index in [1.54, 1.807) is 5.01 Å². The average molecular weight is 187 g/mol. The van der Waals surface area contributed by atoms with Gasteiger partial charge in [-0.25, -0.2) is 0 Å². The Hall–Kier alpha value is -0.800. The quantitative estimate of drug-likeness (QED) is 0.617. The molecule has 0 spiro atoms. The Bertz CT molecular complexity index is 198. The highest BCUT2D eigenvalue weighted by Crippen LogP contribution is 2.30. The largest absolute Gasteiger partial charge is 0.270 e. The Morgan fingerprint density at radius 3 is 2.54 bits per heavy atom. The minimum Gasteiger partial charge on any atom is -0.270 e. The van der Waals surface area contributed by atoms with Gasteiger partial charge in [0.25, 0.3) is 0 Å². The highest BCUT2D eigenvalue weighted by Gasteiger charge is 2.37. The van der Waals surface area contributed by atoms with Crippen molar-refractivity contribution in [1.82, 2.24) is 10.1 Å². The van der Waals surface area contributed by atoms with Crippen molar-refractivity contribution in [3.63, 3.8) is 0 Å². The van der Waals surface area contributed by atoms with Crippen LogP contribution in [0.5, 0.6) is 0 Å². The smallest absolute Gasteiger partial charge is 0.154 e. The van der Waals surface area contributed by atoms with Gasteiger partial charge < -0.3 is 0 Å². The lowest BCUT2D eigenvalue weighted by atomic mass is 9.92. The lowest BCUT2D eigenvalue weighted by Gasteiger charge is -2.35. The third-order valence-corrected chi connectivity index (χ3v) is 2.05. The topological polar surface area (TPSA) is 18.8 Å². The molecule has 0 bridgehead atoms. The second kappa shape index (κ2) is 3.52. The van der Waals surface area contributed by atoms with Gasteiger partial charge in [-0.15, -0.1) is 0 Å². The standard InChI is InChI=1S/C9H18FN3/c1-5-6-13-8(9(2,3)4)12(10)7-11-13/h7-8H,5-6H2,1-4H3. The molecule has 1 aliphatic rings. The van der Waals surface area contributed by atoms with Crippen LogP contribution in [0.25, 0.3) is 0 Å². The van der Waals surface area contributed by atoms with Crippen molar-refractivity contribution in [1.29, 1.82) is 0 Å². The lowest BCUT2D eigenvalue weighted by molar-refractivity contribution is -0.0554. The van der Waals surface area contributed by atoms with Crippen molar-refractivity contribution < 1.29 is 4.48 Å². The molecule has 1 atom stereocenters. The van der Waals surface area contributed by atoms with Crippen molar-refractivity contribution in [2.45, 2.75) is 40.3 Å². The van der Waals surface area contributed by atoms with E-state index in [4.69, 9.17) is 0 Å². The zero-order chi connectivity index (χ0) is 10.1. The van der Waals surface area contributed by atoms with Gasteiger partial charge in [0.15, 0.2) is 6.17 Å². The van der Waals surface area contributed by atoms with E-state index < -0.39 is 0 Å². The summed E-state index contributed by atoms with van der Waals surface area (Å²) >= 11 is 0. The fraction of sp³-hybridized carbons (Fsp3) is 0.889. The zero-order valence-corrected chi connectivity index (χ0v) is 8.79. The molecule has 76 valence electrons. The molecule has 0 saturated heterocycles. The Morgan fingerprint density at radius 1 is 1.46 bits per heavy atom. The van der Waals surface area contributed by atoms with E-state index in [2.05, 4.69) is 12.0 Å². The van der Waals surface area contributed by atoms with Gasteiger partial charge >= 0.3 is 0 Å². The van der Waals surface area contributed by atoms with Gasteiger partial charge in [-0.3, -0.25) is 5.01 Å². The zero-order valence-electron chi connectivity index (χ0n) is 8.79. The molecule has 1 aliphatic heterocycles. The Balaban J connectivity index is 2.70. The lowest BCUT2D eigenvalue weighted by Crippen LogP contribution is -2.45. The molecule has 4 heteroatoms. The molecule has 0 aliphatic carbocycles. The normalized spacial score (nSPS) is 23.0. The Labute approximate surface area is 79.1 Å². The summed E-state index contributed by atoms with van der Waals surface area (Å²) in [7, 11) is 0. The number of rotatable bonds is 2. The maximum absolute atomic E-state index is 13.3. The molecule has 0 N–H and O–H groups in total. The van der Waals surface area contributed by atoms with Crippen LogP contribution in [-0.4, -0.2) is 29.2 Å². The van der Waals surface area contributed by atoms with Gasteiger partial charge in [-0.1, -0.05) is 32.2 Å². The number of hydrogen-bond donors (Lipinski definition) is 0. The maximum Gasteiger partial charge on any atom is 0.154 e. The molecule has 1 heterocycles. The summed E-state index contributed by atoms with van der Waals surface area (Å²) in [6.45, 7) is 8.92. The van der Waals surface area contributed by atoms with Gasteiger partial charge in [0, 0.05) is 12.0 Å². The molecule has 0 radical (unpaired) electrons. The molecule has 1 unspecified atom stereocenters. The highest BCUT2D eigenvalue weighted by molar-refractivity contribution is 5.55. The van der Waals surface area contributed by atoms with Crippen LogP contribution in [-0.2, 0) is 0 Å². The number of hydrogen-bond acceptors (Lipinski definition) is 3. The van der Waals surface area contributed by atoms with Crippen LogP contribution in [0.3, 0.4) is 0 Å². The summed E-state index contributed by atoms with van der Waals surface area (Å²) in [5.41, 5.74) is -0.125. The van der Waals surface area contributed by atoms with Crippen LogP contribution in [0.15, 0.2) is 5.10 Å². The molecule has 3 nitrogen and oxygen atoms in total. The van der Waals surface area contributed by atoms with E-state index in [9.17, 15) is 4.48 Å². The van der Waals surface area contributed by atoms with Crippen molar-refractivity contribution in [3.05, 3.63) is 0 Å². The van der Waals surface area contributed by atoms with Gasteiger partial charge in [-0.05, 0) is 6.42 Å². The molecule has 0 aromatic heterocycles. The summed E-state index contributed by atoms with van der Waals surface area (Å²) < 4.78 is 13.3. The fourth-order valence-corrected chi connectivity index (χ4v) is 1.60. The molecule has 0 amide bonds. The van der Waals surface area contributed by atoms with E-state index in [1.165, 1.54) is 6.34 Å². The summed E-state index contributed by atoms with van der Waals surface area (Å²) in [6.07, 6.45) is 1.98. The van der Waals surface area contributed by atoms with Gasteiger partial charge in [-0.2, -0.15) is 10.2 Å². The summed E-state index contributed by atoms with van der Waals surface area (Å²) in [5, 5.41) is 6.51. The van der Waals surface area contributed by atoms with Crippen LogP contribution in [0.2, 0.25) is 0 Å². The minimum atomic E-state index is -0.257. The van der Waals surface area contributed by atoms with Crippen LogP contribution in [0, 0.1) is 5.41 Å². The first kappa shape index (κ1) is 10.3. The summed E-state index contributed by atoms with van der Waals surface area (Å²) in [4.78, 5) is 0. The summed E-state index contributed by atoms with van der Waals surface area (Å²) in [5.74, 6) is 0. The predicted molar refractivity (Wildman–Crippen MR) is 51.7 cm³/mol. The van der Waals surface area contributed by atoms with E-state index >= 15 is 0 Å². The molecular formula is C9H18FN3. The molecular weight excluding hydrogens is 169 g/mol. The van der Waals surface area contributed by atoms with Crippen LogP contribution < -0.4 is 0 Å². The van der Waals surface area contributed by atoms with Crippen LogP contribution in [0.4, 0.5) is 4.48 Å². The number of halogens is 1. The molecule has 0 aromatic carbocycles. The van der Waals surface area contributed by atoms with Crippen molar-refractivity contribution in [3.8, 4) is 0 Å². The molecule has 13 heavy (non-hydrogen) atoms. The highest BCUT2D eigenvalue weighted by atomic mass is 19.2. The number of nitrogens with zero attached hydrogens (tertiary/aromatic N) is 3. The number of hydrazone groups is 1. The molecule has 0 fully saturated rings. The molecule has 0 aromatic rings.